The van der Waals surface area contributed by atoms with Gasteiger partial charge in [0.2, 0.25) is 0 Å². The first-order valence-corrected chi connectivity index (χ1v) is 4.87. The number of anilines is 1. The highest BCUT2D eigenvalue weighted by atomic mass is 35.5. The summed E-state index contributed by atoms with van der Waals surface area (Å²) in [5, 5.41) is 3.02. The Labute approximate surface area is 91.8 Å². The number of rotatable bonds is 1. The number of benzene rings is 1. The average Bonchev–Trinajstić information content (AvgIpc) is 2.41. The van der Waals surface area contributed by atoms with E-state index < -0.39 is 12.1 Å². The van der Waals surface area contributed by atoms with E-state index in [9.17, 15) is 9.59 Å². The smallest absolute Gasteiger partial charge is 0.326 e. The third-order valence-corrected chi connectivity index (χ3v) is 2.44. The van der Waals surface area contributed by atoms with Gasteiger partial charge in [0.1, 0.15) is 6.04 Å². The lowest BCUT2D eigenvalue weighted by Crippen LogP contribution is -2.30. The number of amides is 3. The van der Waals surface area contributed by atoms with Gasteiger partial charge in [0.15, 0.2) is 0 Å². The Morgan fingerprint density at radius 2 is 2.13 bits per heavy atom. The lowest BCUT2D eigenvalue weighted by Gasteiger charge is -2.12. The molecule has 1 aliphatic heterocycles. The zero-order chi connectivity index (χ0) is 11.0. The molecular formula is C10H9ClN2O2. The second-order valence-corrected chi connectivity index (χ2v) is 3.76. The van der Waals surface area contributed by atoms with Gasteiger partial charge in [-0.25, -0.2) is 9.69 Å². The monoisotopic (exact) mass is 224 g/mol. The number of hydrogen-bond acceptors (Lipinski definition) is 2. The fraction of sp³-hybridized carbons (Fsp3) is 0.200. The summed E-state index contributed by atoms with van der Waals surface area (Å²) >= 11 is 5.79. The van der Waals surface area contributed by atoms with Crippen LogP contribution in [0.2, 0.25) is 5.02 Å². The second-order valence-electron chi connectivity index (χ2n) is 3.32. The SMILES string of the molecule is CC1NC(=O)N(c2cccc(Cl)c2)C1=O. The minimum atomic E-state index is -0.475. The Hall–Kier alpha value is -1.55. The highest BCUT2D eigenvalue weighted by molar-refractivity contribution is 6.31. The van der Waals surface area contributed by atoms with Crippen molar-refractivity contribution in [1.29, 1.82) is 0 Å². The molecule has 1 fully saturated rings. The molecule has 1 saturated heterocycles. The predicted molar refractivity (Wildman–Crippen MR) is 56.9 cm³/mol. The van der Waals surface area contributed by atoms with E-state index in [1.54, 1.807) is 31.2 Å². The van der Waals surface area contributed by atoms with Crippen molar-refractivity contribution in [2.75, 3.05) is 4.90 Å². The van der Waals surface area contributed by atoms with Gasteiger partial charge in [-0.1, -0.05) is 17.7 Å². The molecule has 0 aromatic heterocycles. The van der Waals surface area contributed by atoms with Crippen molar-refractivity contribution in [2.24, 2.45) is 0 Å². The van der Waals surface area contributed by atoms with Crippen molar-refractivity contribution in [3.05, 3.63) is 29.3 Å². The number of carbonyl (C=O) groups excluding carboxylic acids is 2. The van der Waals surface area contributed by atoms with Crippen LogP contribution >= 0.6 is 11.6 Å². The second kappa shape index (κ2) is 3.55. The minimum absolute atomic E-state index is 0.262. The fourth-order valence-electron chi connectivity index (χ4n) is 1.46. The van der Waals surface area contributed by atoms with E-state index in [2.05, 4.69) is 5.32 Å². The summed E-state index contributed by atoms with van der Waals surface area (Å²) in [4.78, 5) is 24.2. The van der Waals surface area contributed by atoms with Gasteiger partial charge in [-0.2, -0.15) is 0 Å². The number of carbonyl (C=O) groups is 2. The van der Waals surface area contributed by atoms with Crippen LogP contribution in [0.5, 0.6) is 0 Å². The first-order chi connectivity index (χ1) is 7.09. The highest BCUT2D eigenvalue weighted by Gasteiger charge is 2.36. The lowest BCUT2D eigenvalue weighted by molar-refractivity contribution is -0.117. The maximum absolute atomic E-state index is 11.6. The van der Waals surface area contributed by atoms with E-state index in [4.69, 9.17) is 11.6 Å². The molecular weight excluding hydrogens is 216 g/mol. The Morgan fingerprint density at radius 3 is 2.67 bits per heavy atom. The Balaban J connectivity index is 2.39. The molecule has 1 aromatic rings. The zero-order valence-electron chi connectivity index (χ0n) is 8.03. The number of imide groups is 1. The van der Waals surface area contributed by atoms with Crippen LogP contribution < -0.4 is 10.2 Å². The summed E-state index contributed by atoms with van der Waals surface area (Å²) in [7, 11) is 0. The van der Waals surface area contributed by atoms with Crippen molar-refractivity contribution in [2.45, 2.75) is 13.0 Å². The molecule has 0 radical (unpaired) electrons. The summed E-state index contributed by atoms with van der Waals surface area (Å²) < 4.78 is 0. The summed E-state index contributed by atoms with van der Waals surface area (Å²) in [6.07, 6.45) is 0. The van der Waals surface area contributed by atoms with Gasteiger partial charge in [-0.3, -0.25) is 4.79 Å². The van der Waals surface area contributed by atoms with E-state index in [1.165, 1.54) is 0 Å². The van der Waals surface area contributed by atoms with Crippen LogP contribution in [-0.4, -0.2) is 18.0 Å². The van der Waals surface area contributed by atoms with Crippen LogP contribution in [0, 0.1) is 0 Å². The molecule has 0 saturated carbocycles. The molecule has 0 spiro atoms. The Morgan fingerprint density at radius 1 is 1.40 bits per heavy atom. The topological polar surface area (TPSA) is 49.4 Å². The molecule has 5 heteroatoms. The van der Waals surface area contributed by atoms with Gasteiger partial charge >= 0.3 is 6.03 Å². The summed E-state index contributed by atoms with van der Waals surface area (Å²) in [5.74, 6) is -0.262. The van der Waals surface area contributed by atoms with E-state index in [0.29, 0.717) is 10.7 Å². The van der Waals surface area contributed by atoms with Crippen LogP contribution in [0.1, 0.15) is 6.92 Å². The third-order valence-electron chi connectivity index (χ3n) is 2.20. The molecule has 4 nitrogen and oxygen atoms in total. The summed E-state index contributed by atoms with van der Waals surface area (Å²) in [6, 6.07) is 5.75. The van der Waals surface area contributed by atoms with Crippen LogP contribution in [0.15, 0.2) is 24.3 Å². The van der Waals surface area contributed by atoms with E-state index in [-0.39, 0.29) is 5.91 Å². The summed E-state index contributed by atoms with van der Waals surface area (Å²) in [6.45, 7) is 1.64. The normalized spacial score (nSPS) is 20.7. The van der Waals surface area contributed by atoms with E-state index >= 15 is 0 Å². The van der Waals surface area contributed by atoms with Crippen LogP contribution in [0.3, 0.4) is 0 Å². The number of urea groups is 1. The van der Waals surface area contributed by atoms with Crippen molar-refractivity contribution in [3.63, 3.8) is 0 Å². The van der Waals surface area contributed by atoms with Gasteiger partial charge in [-0.05, 0) is 25.1 Å². The Kier molecular flexibility index (Phi) is 2.36. The van der Waals surface area contributed by atoms with E-state index in [0.717, 1.165) is 4.90 Å². The predicted octanol–water partition coefficient (Wildman–Crippen LogP) is 1.78. The highest BCUT2D eigenvalue weighted by Crippen LogP contribution is 2.22. The molecule has 78 valence electrons. The first kappa shape index (κ1) is 9.98. The van der Waals surface area contributed by atoms with Gasteiger partial charge in [0.25, 0.3) is 5.91 Å². The van der Waals surface area contributed by atoms with Crippen LogP contribution in [0.25, 0.3) is 0 Å². The standard InChI is InChI=1S/C10H9ClN2O2/c1-6-9(14)13(10(15)12-6)8-4-2-3-7(11)5-8/h2-6H,1H3,(H,12,15). The molecule has 0 aliphatic carbocycles. The lowest BCUT2D eigenvalue weighted by atomic mass is 10.2. The molecule has 0 bridgehead atoms. The van der Waals surface area contributed by atoms with Gasteiger partial charge in [0, 0.05) is 5.02 Å². The molecule has 1 aliphatic rings. The molecule has 1 atom stereocenters. The zero-order valence-corrected chi connectivity index (χ0v) is 8.78. The molecule has 1 aromatic carbocycles. The molecule has 3 amide bonds. The van der Waals surface area contributed by atoms with Crippen molar-refractivity contribution in [3.8, 4) is 0 Å². The first-order valence-electron chi connectivity index (χ1n) is 4.49. The number of hydrogen-bond donors (Lipinski definition) is 1. The van der Waals surface area contributed by atoms with Crippen LogP contribution in [-0.2, 0) is 4.79 Å². The number of nitrogens with one attached hydrogen (secondary N) is 1. The van der Waals surface area contributed by atoms with Crippen molar-refractivity contribution < 1.29 is 9.59 Å². The van der Waals surface area contributed by atoms with Crippen molar-refractivity contribution in [1.82, 2.24) is 5.32 Å². The number of halogens is 1. The van der Waals surface area contributed by atoms with Crippen molar-refractivity contribution >= 4 is 29.2 Å². The molecule has 2 rings (SSSR count). The van der Waals surface area contributed by atoms with Crippen LogP contribution in [0.4, 0.5) is 10.5 Å². The quantitative estimate of drug-likeness (QED) is 0.740. The molecule has 1 N–H and O–H groups in total. The molecule has 1 heterocycles. The Bertz CT molecular complexity index is 433. The largest absolute Gasteiger partial charge is 0.329 e. The minimum Gasteiger partial charge on any atom is -0.326 e. The summed E-state index contributed by atoms with van der Waals surface area (Å²) in [5.41, 5.74) is 0.495. The number of nitrogens with zero attached hydrogens (tertiary/aromatic N) is 1. The van der Waals surface area contributed by atoms with Gasteiger partial charge < -0.3 is 5.32 Å². The fourth-order valence-corrected chi connectivity index (χ4v) is 1.65. The third kappa shape index (κ3) is 1.68. The van der Waals surface area contributed by atoms with E-state index in [1.807, 2.05) is 0 Å². The average molecular weight is 225 g/mol. The molecule has 15 heavy (non-hydrogen) atoms. The van der Waals surface area contributed by atoms with Gasteiger partial charge in [0.05, 0.1) is 5.69 Å². The van der Waals surface area contributed by atoms with Gasteiger partial charge in [-0.15, -0.1) is 0 Å². The molecule has 1 unspecified atom stereocenters. The maximum atomic E-state index is 11.6. The maximum Gasteiger partial charge on any atom is 0.329 e.